The fourth-order valence-electron chi connectivity index (χ4n) is 2.35. The summed E-state index contributed by atoms with van der Waals surface area (Å²) < 4.78 is 22.7. The Morgan fingerprint density at radius 1 is 1.22 bits per heavy atom. The Morgan fingerprint density at radius 3 is 2.43 bits per heavy atom. The second-order valence-electron chi connectivity index (χ2n) is 5.20. The average molecular weight is 335 g/mol. The number of nitrogens with one attached hydrogen (secondary N) is 1. The van der Waals surface area contributed by atoms with E-state index in [1.807, 2.05) is 38.1 Å². The smallest absolute Gasteiger partial charge is 0.293 e. The van der Waals surface area contributed by atoms with Gasteiger partial charge in [0.25, 0.3) is 5.69 Å². The highest BCUT2D eigenvalue weighted by Crippen LogP contribution is 2.31. The molecule has 23 heavy (non-hydrogen) atoms. The summed E-state index contributed by atoms with van der Waals surface area (Å²) >= 11 is 0. The van der Waals surface area contributed by atoms with E-state index in [1.54, 1.807) is 0 Å². The molecule has 2 aromatic rings. The summed E-state index contributed by atoms with van der Waals surface area (Å²) in [6.07, 6.45) is 0. The summed E-state index contributed by atoms with van der Waals surface area (Å²) in [6.45, 7) is 3.83. The first-order valence-corrected chi connectivity index (χ1v) is 8.38. The lowest BCUT2D eigenvalue weighted by molar-refractivity contribution is -0.384. The maximum Gasteiger partial charge on any atom is 0.293 e. The van der Waals surface area contributed by atoms with E-state index in [-0.39, 0.29) is 22.3 Å². The average Bonchev–Trinajstić information content (AvgIpc) is 2.46. The van der Waals surface area contributed by atoms with Crippen LogP contribution in [0.4, 0.5) is 11.4 Å². The maximum atomic E-state index is 11.3. The molecule has 0 saturated heterocycles. The number of hydrogen-bond donors (Lipinski definition) is 2. The first kappa shape index (κ1) is 16.9. The van der Waals surface area contributed by atoms with Crippen molar-refractivity contribution < 1.29 is 13.3 Å². The fraction of sp³-hybridized carbons (Fsp3) is 0.200. The molecule has 0 heterocycles. The second-order valence-corrected chi connectivity index (χ2v) is 6.77. The van der Waals surface area contributed by atoms with Gasteiger partial charge in [-0.3, -0.25) is 10.1 Å². The van der Waals surface area contributed by atoms with Crippen molar-refractivity contribution in [3.8, 4) is 0 Å². The summed E-state index contributed by atoms with van der Waals surface area (Å²) in [6, 6.07) is 11.1. The summed E-state index contributed by atoms with van der Waals surface area (Å²) in [5, 5.41) is 19.3. The summed E-state index contributed by atoms with van der Waals surface area (Å²) in [5.74, 6) is 0. The molecule has 7 nitrogen and oxygen atoms in total. The quantitative estimate of drug-likeness (QED) is 0.644. The van der Waals surface area contributed by atoms with Gasteiger partial charge in [0.2, 0.25) is 10.0 Å². The minimum absolute atomic E-state index is 0.185. The highest BCUT2D eigenvalue weighted by molar-refractivity contribution is 7.89. The summed E-state index contributed by atoms with van der Waals surface area (Å²) in [5.41, 5.74) is 1.95. The lowest BCUT2D eigenvalue weighted by Crippen LogP contribution is -2.14. The monoisotopic (exact) mass is 335 g/mol. The predicted molar refractivity (Wildman–Crippen MR) is 87.7 cm³/mol. The van der Waals surface area contributed by atoms with Crippen LogP contribution in [0.3, 0.4) is 0 Å². The molecule has 0 amide bonds. The molecule has 2 rings (SSSR count). The Balaban J connectivity index is 2.40. The third-order valence-corrected chi connectivity index (χ3v) is 4.43. The Morgan fingerprint density at radius 2 is 1.87 bits per heavy atom. The maximum absolute atomic E-state index is 11.3. The van der Waals surface area contributed by atoms with Crippen molar-refractivity contribution in [3.05, 3.63) is 63.7 Å². The van der Waals surface area contributed by atoms with Crippen molar-refractivity contribution in [2.45, 2.75) is 24.8 Å². The number of nitrogens with zero attached hydrogens (tertiary/aromatic N) is 1. The number of nitro benzene ring substituents is 1. The molecule has 0 aliphatic carbocycles. The molecule has 1 atom stereocenters. The number of hydrogen-bond acceptors (Lipinski definition) is 5. The van der Waals surface area contributed by atoms with Crippen molar-refractivity contribution in [1.82, 2.24) is 0 Å². The third-order valence-electron chi connectivity index (χ3n) is 3.52. The summed E-state index contributed by atoms with van der Waals surface area (Å²) in [7, 11) is -4.00. The molecule has 0 fully saturated rings. The second kappa shape index (κ2) is 6.35. The molecule has 8 heteroatoms. The number of anilines is 1. The number of benzene rings is 2. The van der Waals surface area contributed by atoms with Crippen molar-refractivity contribution in [2.75, 3.05) is 5.32 Å². The van der Waals surface area contributed by atoms with E-state index in [2.05, 4.69) is 5.32 Å². The van der Waals surface area contributed by atoms with Crippen molar-refractivity contribution in [1.29, 1.82) is 0 Å². The summed E-state index contributed by atoms with van der Waals surface area (Å²) in [4.78, 5) is 10.3. The van der Waals surface area contributed by atoms with Crippen LogP contribution in [-0.2, 0) is 10.0 Å². The molecular formula is C15H17N3O4S. The Kier molecular flexibility index (Phi) is 4.67. The van der Waals surface area contributed by atoms with Crippen LogP contribution in [0.1, 0.15) is 24.1 Å². The van der Waals surface area contributed by atoms with Gasteiger partial charge in [-0.05, 0) is 37.1 Å². The normalized spacial score (nSPS) is 12.7. The number of rotatable bonds is 5. The zero-order valence-corrected chi connectivity index (χ0v) is 13.5. The van der Waals surface area contributed by atoms with E-state index in [9.17, 15) is 18.5 Å². The lowest BCUT2D eigenvalue weighted by Gasteiger charge is -2.18. The van der Waals surface area contributed by atoms with Crippen LogP contribution < -0.4 is 10.5 Å². The van der Waals surface area contributed by atoms with Gasteiger partial charge < -0.3 is 5.32 Å². The van der Waals surface area contributed by atoms with E-state index < -0.39 is 14.9 Å². The molecule has 0 saturated carbocycles. The van der Waals surface area contributed by atoms with Crippen LogP contribution in [0.25, 0.3) is 0 Å². The van der Waals surface area contributed by atoms with Crippen LogP contribution in [0.15, 0.2) is 47.4 Å². The molecule has 3 N–H and O–H groups in total. The molecule has 0 unspecified atom stereocenters. The molecular weight excluding hydrogens is 318 g/mol. The Labute approximate surface area is 134 Å². The molecule has 0 aliphatic rings. The Hall–Kier alpha value is -2.45. The van der Waals surface area contributed by atoms with Crippen LogP contribution in [0.5, 0.6) is 0 Å². The number of aryl methyl sites for hydroxylation is 1. The van der Waals surface area contributed by atoms with Crippen molar-refractivity contribution in [3.63, 3.8) is 0 Å². The minimum atomic E-state index is -4.00. The Bertz CT molecular complexity index is 850. The lowest BCUT2D eigenvalue weighted by atomic mass is 10.0. The van der Waals surface area contributed by atoms with E-state index in [0.29, 0.717) is 0 Å². The van der Waals surface area contributed by atoms with E-state index in [0.717, 1.165) is 17.2 Å². The van der Waals surface area contributed by atoms with Gasteiger partial charge in [-0.25, -0.2) is 13.6 Å². The molecule has 0 radical (unpaired) electrons. The fourth-order valence-corrected chi connectivity index (χ4v) is 2.88. The van der Waals surface area contributed by atoms with Crippen LogP contribution >= 0.6 is 0 Å². The zero-order valence-electron chi connectivity index (χ0n) is 12.7. The topological polar surface area (TPSA) is 115 Å². The number of primary sulfonamides is 1. The zero-order chi connectivity index (χ0) is 17.2. The molecule has 122 valence electrons. The minimum Gasteiger partial charge on any atom is -0.373 e. The number of sulfonamides is 1. The van der Waals surface area contributed by atoms with E-state index >= 15 is 0 Å². The standard InChI is InChI=1S/C15H17N3O4S/c1-10-5-3-4-6-13(10)11(2)17-14-8-7-12(23(16,21)22)9-15(14)18(19)20/h3-9,11,17H,1-2H3,(H2,16,21,22)/t11-/m1/s1. The first-order chi connectivity index (χ1) is 10.7. The first-order valence-electron chi connectivity index (χ1n) is 6.83. The van der Waals surface area contributed by atoms with Gasteiger partial charge in [-0.15, -0.1) is 0 Å². The van der Waals surface area contributed by atoms with Crippen molar-refractivity contribution >= 4 is 21.4 Å². The van der Waals surface area contributed by atoms with Gasteiger partial charge in [0.05, 0.1) is 9.82 Å². The molecule has 0 bridgehead atoms. The van der Waals surface area contributed by atoms with Crippen LogP contribution in [0.2, 0.25) is 0 Å². The van der Waals surface area contributed by atoms with E-state index in [4.69, 9.17) is 5.14 Å². The van der Waals surface area contributed by atoms with Gasteiger partial charge in [-0.2, -0.15) is 0 Å². The number of nitrogens with two attached hydrogens (primary N) is 1. The highest BCUT2D eigenvalue weighted by Gasteiger charge is 2.20. The largest absolute Gasteiger partial charge is 0.373 e. The van der Waals surface area contributed by atoms with Gasteiger partial charge in [0.1, 0.15) is 5.69 Å². The van der Waals surface area contributed by atoms with Crippen LogP contribution in [0, 0.1) is 17.0 Å². The molecule has 0 spiro atoms. The predicted octanol–water partition coefficient (Wildman–Crippen LogP) is 2.72. The van der Waals surface area contributed by atoms with Gasteiger partial charge in [0, 0.05) is 12.1 Å². The SMILES string of the molecule is Cc1ccccc1[C@@H](C)Nc1ccc(S(N)(=O)=O)cc1[N+](=O)[O-]. The number of nitro groups is 1. The van der Waals surface area contributed by atoms with Crippen LogP contribution in [-0.4, -0.2) is 13.3 Å². The van der Waals surface area contributed by atoms with Gasteiger partial charge in [0.15, 0.2) is 0 Å². The molecule has 2 aromatic carbocycles. The van der Waals surface area contributed by atoms with Gasteiger partial charge in [-0.1, -0.05) is 24.3 Å². The van der Waals surface area contributed by atoms with Gasteiger partial charge >= 0.3 is 0 Å². The van der Waals surface area contributed by atoms with Crippen molar-refractivity contribution in [2.24, 2.45) is 5.14 Å². The highest BCUT2D eigenvalue weighted by atomic mass is 32.2. The third kappa shape index (κ3) is 3.85. The molecule has 0 aliphatic heterocycles. The molecule has 0 aromatic heterocycles. The van der Waals surface area contributed by atoms with E-state index in [1.165, 1.54) is 12.1 Å².